The lowest BCUT2D eigenvalue weighted by Gasteiger charge is -2.31. The zero-order valence-electron chi connectivity index (χ0n) is 13.6. The molecule has 0 radical (unpaired) electrons. The molecule has 0 aliphatic carbocycles. The first-order valence-electron chi connectivity index (χ1n) is 8.02. The van der Waals surface area contributed by atoms with E-state index in [1.165, 1.54) is 11.8 Å². The molecule has 0 spiro atoms. The van der Waals surface area contributed by atoms with Crippen molar-refractivity contribution >= 4 is 29.3 Å². The summed E-state index contributed by atoms with van der Waals surface area (Å²) in [6.45, 7) is 0. The van der Waals surface area contributed by atoms with Gasteiger partial charge in [-0.1, -0.05) is 48.5 Å². The van der Waals surface area contributed by atoms with Crippen molar-refractivity contribution in [1.29, 1.82) is 0 Å². The third kappa shape index (κ3) is 5.32. The molecular weight excluding hydrogens is 336 g/mol. The van der Waals surface area contributed by atoms with Crippen LogP contribution in [-0.4, -0.2) is 29.1 Å². The van der Waals surface area contributed by atoms with Crippen molar-refractivity contribution in [3.8, 4) is 0 Å². The van der Waals surface area contributed by atoms with E-state index in [1.807, 2.05) is 60.7 Å². The molecule has 1 aliphatic heterocycles. The van der Waals surface area contributed by atoms with Crippen LogP contribution in [0.15, 0.2) is 60.7 Å². The second-order valence-corrected chi connectivity index (χ2v) is 6.74. The van der Waals surface area contributed by atoms with Gasteiger partial charge in [0, 0.05) is 5.69 Å². The van der Waals surface area contributed by atoms with Gasteiger partial charge in [-0.15, -0.1) is 11.8 Å². The number of hydrazine groups is 1. The number of carbonyl (C=O) groups excluding carboxylic acids is 2. The van der Waals surface area contributed by atoms with Gasteiger partial charge in [-0.2, -0.15) is 0 Å². The summed E-state index contributed by atoms with van der Waals surface area (Å²) in [5.41, 5.74) is 7.57. The number of rotatable bonds is 6. The average Bonchev–Trinajstić information content (AvgIpc) is 2.64. The van der Waals surface area contributed by atoms with Crippen LogP contribution in [0.4, 0.5) is 5.69 Å². The highest BCUT2D eigenvalue weighted by molar-refractivity contribution is 8.00. The quantitative estimate of drug-likeness (QED) is 0.630. The Balaban J connectivity index is 1.42. The molecule has 130 valence electrons. The molecule has 2 aromatic carbocycles. The molecule has 1 aliphatic rings. The lowest BCUT2D eigenvalue weighted by molar-refractivity contribution is -0.125. The fourth-order valence-corrected chi connectivity index (χ4v) is 3.20. The summed E-state index contributed by atoms with van der Waals surface area (Å²) in [5.74, 6) is 0.0416. The van der Waals surface area contributed by atoms with E-state index >= 15 is 0 Å². The van der Waals surface area contributed by atoms with Crippen LogP contribution in [0.3, 0.4) is 0 Å². The molecule has 1 saturated heterocycles. The molecule has 2 aromatic rings. The van der Waals surface area contributed by atoms with Crippen molar-refractivity contribution in [3.05, 3.63) is 66.2 Å². The minimum Gasteiger partial charge on any atom is -0.329 e. The van der Waals surface area contributed by atoms with Gasteiger partial charge in [-0.25, -0.2) is 10.9 Å². The Kier molecular flexibility index (Phi) is 6.05. The number of amides is 2. The fraction of sp³-hybridized carbons (Fsp3) is 0.222. The molecule has 25 heavy (non-hydrogen) atoms. The minimum absolute atomic E-state index is 0.0800. The van der Waals surface area contributed by atoms with Crippen molar-refractivity contribution in [3.63, 3.8) is 0 Å². The summed E-state index contributed by atoms with van der Waals surface area (Å²) in [6.07, 6.45) is 0.603. The van der Waals surface area contributed by atoms with E-state index in [1.54, 1.807) is 0 Å². The van der Waals surface area contributed by atoms with Crippen LogP contribution in [0.5, 0.6) is 0 Å². The minimum atomic E-state index is -0.346. The van der Waals surface area contributed by atoms with Crippen LogP contribution < -0.4 is 21.5 Å². The number of para-hydroxylation sites is 1. The summed E-state index contributed by atoms with van der Waals surface area (Å²) in [5, 5.41) is 5.69. The highest BCUT2D eigenvalue weighted by Gasteiger charge is 2.27. The zero-order valence-corrected chi connectivity index (χ0v) is 14.4. The first kappa shape index (κ1) is 17.5. The van der Waals surface area contributed by atoms with Gasteiger partial charge in [0.25, 0.3) is 0 Å². The number of thioether (sulfide) groups is 1. The van der Waals surface area contributed by atoms with E-state index in [4.69, 9.17) is 0 Å². The first-order chi connectivity index (χ1) is 12.2. The van der Waals surface area contributed by atoms with Crippen LogP contribution in [0, 0.1) is 0 Å². The molecular formula is C18H20N4O2S. The Morgan fingerprint density at radius 2 is 1.68 bits per heavy atom. The maximum absolute atomic E-state index is 12.2. The second-order valence-electron chi connectivity index (χ2n) is 5.64. The third-order valence-electron chi connectivity index (χ3n) is 3.70. The van der Waals surface area contributed by atoms with Gasteiger partial charge in [0.1, 0.15) is 11.5 Å². The fourth-order valence-electron chi connectivity index (χ4n) is 2.46. The lowest BCUT2D eigenvalue weighted by Crippen LogP contribution is -2.64. The van der Waals surface area contributed by atoms with E-state index in [-0.39, 0.29) is 29.1 Å². The summed E-state index contributed by atoms with van der Waals surface area (Å²) < 4.78 is 0. The van der Waals surface area contributed by atoms with Crippen molar-refractivity contribution in [1.82, 2.24) is 16.2 Å². The van der Waals surface area contributed by atoms with Gasteiger partial charge in [0.05, 0.1) is 5.75 Å². The molecule has 2 atom stereocenters. The Morgan fingerprint density at radius 1 is 1.00 bits per heavy atom. The third-order valence-corrected chi connectivity index (χ3v) is 4.70. The molecule has 1 fully saturated rings. The number of carbonyl (C=O) groups is 2. The van der Waals surface area contributed by atoms with Crippen LogP contribution in [0.2, 0.25) is 0 Å². The van der Waals surface area contributed by atoms with E-state index in [2.05, 4.69) is 21.5 Å². The highest BCUT2D eigenvalue weighted by atomic mass is 32.2. The van der Waals surface area contributed by atoms with E-state index < -0.39 is 0 Å². The summed E-state index contributed by atoms with van der Waals surface area (Å²) >= 11 is 1.32. The van der Waals surface area contributed by atoms with Crippen LogP contribution in [0.1, 0.15) is 5.56 Å². The normalized spacial score (nSPS) is 19.9. The number of anilines is 1. The average molecular weight is 356 g/mol. The second kappa shape index (κ2) is 8.66. The maximum atomic E-state index is 12.2. The van der Waals surface area contributed by atoms with Gasteiger partial charge in [0.15, 0.2) is 0 Å². The SMILES string of the molecule is O=C(CSC1NNC(Cc2ccccc2)C(=O)N1)Nc1ccccc1. The van der Waals surface area contributed by atoms with Gasteiger partial charge in [-0.05, 0) is 24.1 Å². The molecule has 6 nitrogen and oxygen atoms in total. The molecule has 7 heteroatoms. The zero-order chi connectivity index (χ0) is 17.5. The highest BCUT2D eigenvalue weighted by Crippen LogP contribution is 2.12. The van der Waals surface area contributed by atoms with Gasteiger partial charge >= 0.3 is 0 Å². The molecule has 3 rings (SSSR count). The molecule has 1 heterocycles. The predicted molar refractivity (Wildman–Crippen MR) is 99.7 cm³/mol. The molecule has 2 amide bonds. The van der Waals surface area contributed by atoms with Crippen molar-refractivity contribution < 1.29 is 9.59 Å². The molecule has 0 bridgehead atoms. The van der Waals surface area contributed by atoms with E-state index in [9.17, 15) is 9.59 Å². The maximum Gasteiger partial charge on any atom is 0.240 e. The largest absolute Gasteiger partial charge is 0.329 e. The topological polar surface area (TPSA) is 82.3 Å². The van der Waals surface area contributed by atoms with Crippen molar-refractivity contribution in [2.24, 2.45) is 0 Å². The predicted octanol–water partition coefficient (Wildman–Crippen LogP) is 1.48. The monoisotopic (exact) mass is 356 g/mol. The van der Waals surface area contributed by atoms with Crippen LogP contribution in [-0.2, 0) is 16.0 Å². The smallest absolute Gasteiger partial charge is 0.240 e. The van der Waals surface area contributed by atoms with Crippen molar-refractivity contribution in [2.75, 3.05) is 11.1 Å². The standard InChI is InChI=1S/C18H20N4O2S/c23-16(19-14-9-5-2-6-10-14)12-25-18-20-17(24)15(21-22-18)11-13-7-3-1-4-8-13/h1-10,15,18,21-22H,11-12H2,(H,19,23)(H,20,24). The van der Waals surface area contributed by atoms with E-state index in [0.29, 0.717) is 6.42 Å². The Morgan fingerprint density at radius 3 is 2.36 bits per heavy atom. The molecule has 0 saturated carbocycles. The van der Waals surface area contributed by atoms with Crippen LogP contribution >= 0.6 is 11.8 Å². The molecule has 0 aromatic heterocycles. The summed E-state index contributed by atoms with van der Waals surface area (Å²) in [7, 11) is 0. The Bertz CT molecular complexity index is 712. The number of hydrogen-bond donors (Lipinski definition) is 4. The molecule has 2 unspecified atom stereocenters. The summed E-state index contributed by atoms with van der Waals surface area (Å²) in [4.78, 5) is 24.2. The van der Waals surface area contributed by atoms with E-state index in [0.717, 1.165) is 11.3 Å². The lowest BCUT2D eigenvalue weighted by atomic mass is 10.1. The molecule has 4 N–H and O–H groups in total. The number of benzene rings is 2. The number of nitrogens with one attached hydrogen (secondary N) is 4. The van der Waals surface area contributed by atoms with Gasteiger partial charge < -0.3 is 10.6 Å². The van der Waals surface area contributed by atoms with Gasteiger partial charge in [0.2, 0.25) is 11.8 Å². The van der Waals surface area contributed by atoms with Crippen molar-refractivity contribution in [2.45, 2.75) is 18.0 Å². The Labute approximate surface area is 150 Å². The van der Waals surface area contributed by atoms with Crippen LogP contribution in [0.25, 0.3) is 0 Å². The summed E-state index contributed by atoms with van der Waals surface area (Å²) in [6, 6.07) is 18.8. The Hall–Kier alpha value is -2.35. The first-order valence-corrected chi connectivity index (χ1v) is 9.07. The number of hydrogen-bond acceptors (Lipinski definition) is 5. The van der Waals surface area contributed by atoms with Gasteiger partial charge in [-0.3, -0.25) is 9.59 Å².